The minimum absolute atomic E-state index is 0.0132. The second-order valence-electron chi connectivity index (χ2n) is 7.57. The van der Waals surface area contributed by atoms with Crippen LogP contribution in [-0.2, 0) is 23.9 Å². The molecule has 1 rings (SSSR count). The van der Waals surface area contributed by atoms with E-state index in [1.807, 2.05) is 6.92 Å². The van der Waals surface area contributed by atoms with Crippen molar-refractivity contribution < 1.29 is 44.3 Å². The van der Waals surface area contributed by atoms with Gasteiger partial charge in [-0.25, -0.2) is 0 Å². The Labute approximate surface area is 187 Å². The molecule has 0 aliphatic carbocycles. The van der Waals surface area contributed by atoms with Crippen LogP contribution < -0.4 is 10.6 Å². The summed E-state index contributed by atoms with van der Waals surface area (Å²) in [6.45, 7) is 3.06. The maximum atomic E-state index is 11.9. The SMILES string of the molecule is CCN(CC=O)CC(=O)NCCCCCC(=O)NCCO[C@H]1OC(CO)[C@@H](O)C(O)C1O. The predicted molar refractivity (Wildman–Crippen MR) is 112 cm³/mol. The number of unbranched alkanes of at least 4 members (excludes halogenated alkanes) is 2. The second-order valence-corrected chi connectivity index (χ2v) is 7.57. The third-order valence-corrected chi connectivity index (χ3v) is 5.10. The quantitative estimate of drug-likeness (QED) is 0.103. The molecule has 3 unspecified atom stereocenters. The van der Waals surface area contributed by atoms with Crippen LogP contribution >= 0.6 is 0 Å². The van der Waals surface area contributed by atoms with Crippen molar-refractivity contribution in [2.75, 3.05) is 45.9 Å². The van der Waals surface area contributed by atoms with Crippen molar-refractivity contribution in [2.45, 2.75) is 63.3 Å². The first-order chi connectivity index (χ1) is 15.3. The van der Waals surface area contributed by atoms with E-state index < -0.39 is 37.3 Å². The Morgan fingerprint density at radius 3 is 2.41 bits per heavy atom. The Balaban J connectivity index is 2.07. The molecular weight excluding hydrogens is 426 g/mol. The number of ether oxygens (including phenoxy) is 2. The number of hydrogen-bond acceptors (Lipinski definition) is 10. The van der Waals surface area contributed by atoms with Crippen LogP contribution in [0.3, 0.4) is 0 Å². The highest BCUT2D eigenvalue weighted by Crippen LogP contribution is 2.21. The molecule has 12 nitrogen and oxygen atoms in total. The van der Waals surface area contributed by atoms with Gasteiger partial charge in [0.2, 0.25) is 11.8 Å². The van der Waals surface area contributed by atoms with E-state index in [4.69, 9.17) is 14.6 Å². The van der Waals surface area contributed by atoms with Crippen molar-refractivity contribution in [3.63, 3.8) is 0 Å². The molecule has 0 bridgehead atoms. The number of amides is 2. The van der Waals surface area contributed by atoms with Gasteiger partial charge in [0.1, 0.15) is 30.7 Å². The first kappa shape index (κ1) is 28.4. The van der Waals surface area contributed by atoms with Crippen molar-refractivity contribution >= 4 is 18.1 Å². The van der Waals surface area contributed by atoms with Crippen LogP contribution in [0.2, 0.25) is 0 Å². The zero-order chi connectivity index (χ0) is 23.9. The first-order valence-electron chi connectivity index (χ1n) is 11.0. The number of carbonyl (C=O) groups excluding carboxylic acids is 3. The lowest BCUT2D eigenvalue weighted by molar-refractivity contribution is -0.300. The number of likely N-dealkylation sites (N-methyl/N-ethyl adjacent to an activating group) is 1. The number of nitrogens with zero attached hydrogens (tertiary/aromatic N) is 1. The van der Waals surface area contributed by atoms with Crippen molar-refractivity contribution in [3.05, 3.63) is 0 Å². The smallest absolute Gasteiger partial charge is 0.234 e. The van der Waals surface area contributed by atoms with Gasteiger partial charge in [-0.3, -0.25) is 14.5 Å². The number of aliphatic hydroxyl groups excluding tert-OH is 4. The molecule has 0 radical (unpaired) electrons. The zero-order valence-corrected chi connectivity index (χ0v) is 18.5. The number of rotatable bonds is 16. The lowest BCUT2D eigenvalue weighted by Gasteiger charge is -2.39. The molecule has 0 aromatic rings. The van der Waals surface area contributed by atoms with Gasteiger partial charge in [-0.05, 0) is 19.4 Å². The van der Waals surface area contributed by atoms with Gasteiger partial charge in [0.05, 0.1) is 26.3 Å². The van der Waals surface area contributed by atoms with E-state index in [0.717, 1.165) is 19.1 Å². The molecule has 0 saturated carbocycles. The van der Waals surface area contributed by atoms with Gasteiger partial charge < -0.3 is 45.3 Å². The highest BCUT2D eigenvalue weighted by Gasteiger charge is 2.43. The summed E-state index contributed by atoms with van der Waals surface area (Å²) in [6.07, 6.45) is -3.45. The molecule has 5 atom stereocenters. The van der Waals surface area contributed by atoms with E-state index >= 15 is 0 Å². The summed E-state index contributed by atoms with van der Waals surface area (Å²) in [5.41, 5.74) is 0. The molecule has 0 spiro atoms. The molecular formula is C20H37N3O9. The highest BCUT2D eigenvalue weighted by atomic mass is 16.7. The molecule has 0 aromatic heterocycles. The van der Waals surface area contributed by atoms with Crippen LogP contribution in [0.4, 0.5) is 0 Å². The molecule has 1 saturated heterocycles. The van der Waals surface area contributed by atoms with Crippen LogP contribution in [-0.4, -0.2) is 120 Å². The topological polar surface area (TPSA) is 178 Å². The lowest BCUT2D eigenvalue weighted by atomic mass is 9.99. The highest BCUT2D eigenvalue weighted by molar-refractivity contribution is 5.78. The molecule has 186 valence electrons. The fraction of sp³-hybridized carbons (Fsp3) is 0.850. The van der Waals surface area contributed by atoms with E-state index in [-0.39, 0.29) is 38.1 Å². The Morgan fingerprint density at radius 2 is 1.75 bits per heavy atom. The van der Waals surface area contributed by atoms with Crippen molar-refractivity contribution in [3.8, 4) is 0 Å². The molecule has 1 aliphatic heterocycles. The van der Waals surface area contributed by atoms with Crippen LogP contribution in [0.15, 0.2) is 0 Å². The summed E-state index contributed by atoms with van der Waals surface area (Å²) in [5.74, 6) is -0.301. The molecule has 1 fully saturated rings. The summed E-state index contributed by atoms with van der Waals surface area (Å²) in [6, 6.07) is 0. The number of hydrogen-bond donors (Lipinski definition) is 6. The third-order valence-electron chi connectivity index (χ3n) is 5.10. The molecule has 32 heavy (non-hydrogen) atoms. The summed E-state index contributed by atoms with van der Waals surface area (Å²) >= 11 is 0. The molecule has 1 aliphatic rings. The van der Waals surface area contributed by atoms with Gasteiger partial charge >= 0.3 is 0 Å². The van der Waals surface area contributed by atoms with E-state index in [1.165, 1.54) is 0 Å². The van der Waals surface area contributed by atoms with Gasteiger partial charge in [-0.1, -0.05) is 13.3 Å². The third kappa shape index (κ3) is 10.3. The monoisotopic (exact) mass is 463 g/mol. The van der Waals surface area contributed by atoms with Gasteiger partial charge in [-0.2, -0.15) is 0 Å². The molecule has 0 aromatic carbocycles. The average molecular weight is 464 g/mol. The summed E-state index contributed by atoms with van der Waals surface area (Å²) in [7, 11) is 0. The fourth-order valence-corrected chi connectivity index (χ4v) is 3.14. The Kier molecular flexibility index (Phi) is 14.2. The van der Waals surface area contributed by atoms with Crippen molar-refractivity contribution in [1.82, 2.24) is 15.5 Å². The van der Waals surface area contributed by atoms with Crippen LogP contribution in [0.1, 0.15) is 32.6 Å². The van der Waals surface area contributed by atoms with E-state index in [0.29, 0.717) is 25.9 Å². The molecule has 6 N–H and O–H groups in total. The number of carbonyl (C=O) groups is 3. The van der Waals surface area contributed by atoms with Gasteiger partial charge in [0.25, 0.3) is 0 Å². The van der Waals surface area contributed by atoms with Gasteiger partial charge in [-0.15, -0.1) is 0 Å². The van der Waals surface area contributed by atoms with E-state index in [2.05, 4.69) is 10.6 Å². The maximum Gasteiger partial charge on any atom is 0.234 e. The molecule has 1 heterocycles. The van der Waals surface area contributed by atoms with Crippen LogP contribution in [0.5, 0.6) is 0 Å². The average Bonchev–Trinajstić information content (AvgIpc) is 2.78. The zero-order valence-electron chi connectivity index (χ0n) is 18.5. The van der Waals surface area contributed by atoms with Gasteiger partial charge in [0.15, 0.2) is 6.29 Å². The predicted octanol–water partition coefficient (Wildman–Crippen LogP) is -2.88. The minimum Gasteiger partial charge on any atom is -0.394 e. The number of aliphatic hydroxyl groups is 4. The fourth-order valence-electron chi connectivity index (χ4n) is 3.14. The Hall–Kier alpha value is -1.67. The van der Waals surface area contributed by atoms with Crippen molar-refractivity contribution in [2.24, 2.45) is 0 Å². The summed E-state index contributed by atoms with van der Waals surface area (Å²) in [5, 5.41) is 43.8. The van der Waals surface area contributed by atoms with Gasteiger partial charge in [0, 0.05) is 19.5 Å². The molecule has 2 amide bonds. The first-order valence-corrected chi connectivity index (χ1v) is 11.0. The lowest BCUT2D eigenvalue weighted by Crippen LogP contribution is -2.59. The Morgan fingerprint density at radius 1 is 1.03 bits per heavy atom. The van der Waals surface area contributed by atoms with Crippen LogP contribution in [0.25, 0.3) is 0 Å². The van der Waals surface area contributed by atoms with Crippen LogP contribution in [0, 0.1) is 0 Å². The summed E-state index contributed by atoms with van der Waals surface area (Å²) in [4.78, 5) is 35.9. The standard InChI is InChI=1S/C20H37N3O9/c1-2-23(9-10-24)12-16(27)21-7-5-3-4-6-15(26)22-8-11-31-20-19(30)18(29)17(28)14(13-25)32-20/h10,14,17-20,25,28-30H,2-9,11-13H2,1H3,(H,21,27)(H,22,26)/t14?,17-,18?,19?,20+/m1/s1. The largest absolute Gasteiger partial charge is 0.394 e. The van der Waals surface area contributed by atoms with E-state index in [1.54, 1.807) is 4.90 Å². The second kappa shape index (κ2) is 16.0. The minimum atomic E-state index is -1.51. The number of aldehydes is 1. The maximum absolute atomic E-state index is 11.9. The normalized spacial score (nSPS) is 25.5. The van der Waals surface area contributed by atoms with E-state index in [9.17, 15) is 29.7 Å². The van der Waals surface area contributed by atoms with Crippen molar-refractivity contribution in [1.29, 1.82) is 0 Å². The molecule has 12 heteroatoms. The Bertz CT molecular complexity index is 564. The summed E-state index contributed by atoms with van der Waals surface area (Å²) < 4.78 is 10.5. The number of nitrogens with one attached hydrogen (secondary N) is 2.